The Morgan fingerprint density at radius 2 is 1.74 bits per heavy atom. The summed E-state index contributed by atoms with van der Waals surface area (Å²) in [5, 5.41) is 9.40. The number of rotatable bonds is 4. The first-order valence-electron chi connectivity index (χ1n) is 12.1. The van der Waals surface area contributed by atoms with Gasteiger partial charge < -0.3 is 4.90 Å². The molecule has 0 saturated carbocycles. The largest absolute Gasteiger partial charge is 0.304 e. The molecule has 7 heteroatoms. The quantitative estimate of drug-likeness (QED) is 0.339. The van der Waals surface area contributed by atoms with Gasteiger partial charge in [-0.15, -0.1) is 0 Å². The maximum Gasteiger partial charge on any atom is 0.237 e. The summed E-state index contributed by atoms with van der Waals surface area (Å²) in [6.45, 7) is 12.3. The zero-order valence-electron chi connectivity index (χ0n) is 21.2. The summed E-state index contributed by atoms with van der Waals surface area (Å²) in [5.41, 5.74) is 3.51. The number of benzene rings is 1. The van der Waals surface area contributed by atoms with Gasteiger partial charge in [0.2, 0.25) is 5.91 Å². The molecule has 0 fully saturated rings. The van der Waals surface area contributed by atoms with Crippen molar-refractivity contribution >= 4 is 22.4 Å². The summed E-state index contributed by atoms with van der Waals surface area (Å²) in [4.78, 5) is 24.1. The van der Waals surface area contributed by atoms with Gasteiger partial charge >= 0.3 is 0 Å². The number of aromatic nitrogens is 4. The van der Waals surface area contributed by atoms with Gasteiger partial charge in [-0.3, -0.25) is 14.8 Å². The van der Waals surface area contributed by atoms with Crippen molar-refractivity contribution in [2.24, 2.45) is 0 Å². The minimum Gasteiger partial charge on any atom is -0.304 e. The summed E-state index contributed by atoms with van der Waals surface area (Å²) >= 11 is 0. The Balaban J connectivity index is 0.000000815. The van der Waals surface area contributed by atoms with Crippen LogP contribution in [0.15, 0.2) is 61.3 Å². The maximum atomic E-state index is 13.8. The molecule has 6 nitrogen and oxygen atoms in total. The van der Waals surface area contributed by atoms with E-state index >= 15 is 0 Å². The van der Waals surface area contributed by atoms with Crippen LogP contribution in [-0.4, -0.2) is 26.1 Å². The second-order valence-electron chi connectivity index (χ2n) is 7.91. The number of hydrogen-bond donors (Lipinski definition) is 0. The van der Waals surface area contributed by atoms with Crippen molar-refractivity contribution in [1.82, 2.24) is 20.2 Å². The number of pyridine rings is 2. The van der Waals surface area contributed by atoms with Crippen LogP contribution in [0.25, 0.3) is 21.9 Å². The number of halogens is 1. The van der Waals surface area contributed by atoms with Crippen LogP contribution in [0.5, 0.6) is 0 Å². The average Bonchev–Trinajstić information content (AvgIpc) is 3.13. The lowest BCUT2D eigenvalue weighted by atomic mass is 9.82. The Bertz CT molecular complexity index is 1310. The summed E-state index contributed by atoms with van der Waals surface area (Å²) in [6.07, 6.45) is 9.05. The molecule has 182 valence electrons. The van der Waals surface area contributed by atoms with E-state index in [0.29, 0.717) is 17.5 Å². The lowest BCUT2D eigenvalue weighted by Gasteiger charge is -2.23. The number of amides is 1. The van der Waals surface area contributed by atoms with Crippen LogP contribution in [0.4, 0.5) is 10.1 Å². The van der Waals surface area contributed by atoms with E-state index in [1.54, 1.807) is 42.0 Å². The molecule has 4 heterocycles. The van der Waals surface area contributed by atoms with E-state index in [0.717, 1.165) is 27.8 Å². The SMILES string of the molecule is CC.CC.CCC1(C)C(=O)N(Cc2ncc3cc(F)ccc3c2-c2ccnnc2)c2cnccc21. The summed E-state index contributed by atoms with van der Waals surface area (Å²) in [6, 6.07) is 8.38. The van der Waals surface area contributed by atoms with Crippen LogP contribution in [0.3, 0.4) is 0 Å². The molecule has 35 heavy (non-hydrogen) atoms. The Morgan fingerprint density at radius 3 is 2.43 bits per heavy atom. The van der Waals surface area contributed by atoms with E-state index < -0.39 is 5.41 Å². The van der Waals surface area contributed by atoms with E-state index in [1.807, 2.05) is 53.7 Å². The molecule has 1 unspecified atom stereocenters. The fraction of sp³-hybridized carbons (Fsp3) is 0.321. The number of carbonyl (C=O) groups is 1. The van der Waals surface area contributed by atoms with Gasteiger partial charge in [0.25, 0.3) is 0 Å². The third-order valence-corrected chi connectivity index (χ3v) is 6.22. The average molecular weight is 474 g/mol. The molecular formula is C28H32FN5O. The van der Waals surface area contributed by atoms with Crippen molar-refractivity contribution in [2.75, 3.05) is 4.90 Å². The number of carbonyl (C=O) groups excluding carboxylic acids is 1. The highest BCUT2D eigenvalue weighted by Gasteiger charge is 2.46. The Kier molecular flexibility index (Phi) is 8.22. The third-order valence-electron chi connectivity index (χ3n) is 6.22. The van der Waals surface area contributed by atoms with E-state index in [1.165, 1.54) is 12.1 Å². The number of nitrogens with zero attached hydrogens (tertiary/aromatic N) is 5. The molecule has 4 aromatic rings. The van der Waals surface area contributed by atoms with Gasteiger partial charge in [0, 0.05) is 28.9 Å². The number of anilines is 1. The first-order chi connectivity index (χ1) is 17.0. The predicted octanol–water partition coefficient (Wildman–Crippen LogP) is 6.49. The van der Waals surface area contributed by atoms with Crippen molar-refractivity contribution in [3.63, 3.8) is 0 Å². The molecular weight excluding hydrogens is 441 g/mol. The monoisotopic (exact) mass is 473 g/mol. The van der Waals surface area contributed by atoms with E-state index in [9.17, 15) is 9.18 Å². The van der Waals surface area contributed by atoms with Crippen LogP contribution in [0.2, 0.25) is 0 Å². The van der Waals surface area contributed by atoms with Crippen LogP contribution >= 0.6 is 0 Å². The molecule has 0 bridgehead atoms. The summed E-state index contributed by atoms with van der Waals surface area (Å²) in [5.74, 6) is -0.299. The fourth-order valence-electron chi connectivity index (χ4n) is 4.35. The van der Waals surface area contributed by atoms with Crippen LogP contribution in [-0.2, 0) is 16.8 Å². The van der Waals surface area contributed by atoms with E-state index in [4.69, 9.17) is 0 Å². The van der Waals surface area contributed by atoms with E-state index in [2.05, 4.69) is 20.2 Å². The van der Waals surface area contributed by atoms with Gasteiger partial charge in [0.05, 0.1) is 41.9 Å². The van der Waals surface area contributed by atoms with Crippen molar-refractivity contribution in [2.45, 2.75) is 59.9 Å². The molecule has 0 N–H and O–H groups in total. The fourth-order valence-corrected chi connectivity index (χ4v) is 4.35. The smallest absolute Gasteiger partial charge is 0.237 e. The minimum absolute atomic E-state index is 0.0257. The number of hydrogen-bond acceptors (Lipinski definition) is 5. The second-order valence-corrected chi connectivity index (χ2v) is 7.91. The maximum absolute atomic E-state index is 13.8. The molecule has 1 aliphatic rings. The van der Waals surface area contributed by atoms with Crippen LogP contribution in [0.1, 0.15) is 59.2 Å². The van der Waals surface area contributed by atoms with Gasteiger partial charge in [-0.05, 0) is 48.6 Å². The lowest BCUT2D eigenvalue weighted by molar-refractivity contribution is -0.122. The van der Waals surface area contributed by atoms with Gasteiger partial charge in [0.1, 0.15) is 5.82 Å². The molecule has 5 rings (SSSR count). The summed E-state index contributed by atoms with van der Waals surface area (Å²) < 4.78 is 13.8. The normalized spacial score (nSPS) is 16.2. The lowest BCUT2D eigenvalue weighted by Crippen LogP contribution is -2.37. The number of fused-ring (bicyclic) bond motifs is 2. The Morgan fingerprint density at radius 1 is 0.971 bits per heavy atom. The van der Waals surface area contributed by atoms with Gasteiger partial charge in [0.15, 0.2) is 0 Å². The first kappa shape index (κ1) is 25.9. The topological polar surface area (TPSA) is 71.9 Å². The van der Waals surface area contributed by atoms with Crippen molar-refractivity contribution < 1.29 is 9.18 Å². The minimum atomic E-state index is -0.601. The van der Waals surface area contributed by atoms with Crippen molar-refractivity contribution in [3.05, 3.63) is 78.4 Å². The highest BCUT2D eigenvalue weighted by atomic mass is 19.1. The standard InChI is InChI=1S/C24H20FN5O.2C2H6/c1-3-24(2)19-7-8-26-13-21(19)30(23(24)31)14-20-22(15-6-9-28-29-12-15)18-5-4-17(25)10-16(18)11-27-20;2*1-2/h4-13H,3,14H2,1-2H3;2*1-2H3. The first-order valence-corrected chi connectivity index (χ1v) is 12.1. The highest BCUT2D eigenvalue weighted by Crippen LogP contribution is 2.44. The molecule has 0 radical (unpaired) electrons. The molecule has 1 amide bonds. The molecule has 1 aromatic carbocycles. The molecule has 0 saturated heterocycles. The predicted molar refractivity (Wildman–Crippen MR) is 138 cm³/mol. The van der Waals surface area contributed by atoms with Gasteiger partial charge in [-0.1, -0.05) is 40.7 Å². The molecule has 0 spiro atoms. The third kappa shape index (κ3) is 4.63. The zero-order valence-corrected chi connectivity index (χ0v) is 21.2. The Labute approximate surface area is 206 Å². The van der Waals surface area contributed by atoms with Crippen LogP contribution < -0.4 is 4.90 Å². The van der Waals surface area contributed by atoms with Crippen molar-refractivity contribution in [1.29, 1.82) is 0 Å². The molecule has 3 aromatic heterocycles. The van der Waals surface area contributed by atoms with Gasteiger partial charge in [-0.2, -0.15) is 10.2 Å². The molecule has 1 atom stereocenters. The van der Waals surface area contributed by atoms with Gasteiger partial charge in [-0.25, -0.2) is 4.39 Å². The zero-order chi connectivity index (χ0) is 25.6. The van der Waals surface area contributed by atoms with E-state index in [-0.39, 0.29) is 18.3 Å². The molecule has 0 aliphatic carbocycles. The van der Waals surface area contributed by atoms with Crippen molar-refractivity contribution in [3.8, 4) is 11.1 Å². The summed E-state index contributed by atoms with van der Waals surface area (Å²) in [7, 11) is 0. The van der Waals surface area contributed by atoms with Crippen LogP contribution in [0, 0.1) is 5.82 Å². The molecule has 1 aliphatic heterocycles. The highest BCUT2D eigenvalue weighted by molar-refractivity contribution is 6.08. The second kappa shape index (κ2) is 11.1. The Hall–Kier alpha value is -3.74.